The van der Waals surface area contributed by atoms with Crippen LogP contribution in [0.4, 0.5) is 19.0 Å². The molecule has 2 aromatic rings. The summed E-state index contributed by atoms with van der Waals surface area (Å²) in [5.41, 5.74) is 6.37. The standard InChI is InChI=1S/C18H18F3N3O3/c19-18(20,21)27-14-4-1-3-12(9-14)26-13-7-8-24(11-25)16(10-13)15-5-2-6-17(22)23-15/h1-6,9,11,13,16H,7-8,10H2,(H2,22,23). The van der Waals surface area contributed by atoms with Crippen LogP contribution in [0.1, 0.15) is 24.6 Å². The van der Waals surface area contributed by atoms with Gasteiger partial charge in [0.15, 0.2) is 0 Å². The van der Waals surface area contributed by atoms with Crippen LogP contribution in [0, 0.1) is 0 Å². The van der Waals surface area contributed by atoms with E-state index in [2.05, 4.69) is 9.72 Å². The Morgan fingerprint density at radius 2 is 1.93 bits per heavy atom. The third-order valence-electron chi connectivity index (χ3n) is 4.21. The summed E-state index contributed by atoms with van der Waals surface area (Å²) >= 11 is 0. The number of carbonyl (C=O) groups excluding carboxylic acids is 1. The van der Waals surface area contributed by atoms with Gasteiger partial charge in [-0.25, -0.2) is 4.98 Å². The van der Waals surface area contributed by atoms with Gasteiger partial charge in [0.2, 0.25) is 6.41 Å². The molecule has 0 radical (unpaired) electrons. The largest absolute Gasteiger partial charge is 0.573 e. The smallest absolute Gasteiger partial charge is 0.490 e. The zero-order chi connectivity index (χ0) is 19.4. The van der Waals surface area contributed by atoms with Crippen molar-refractivity contribution in [3.63, 3.8) is 0 Å². The second kappa shape index (κ2) is 7.73. The van der Waals surface area contributed by atoms with Crippen LogP contribution in [0.5, 0.6) is 11.5 Å². The number of hydrogen-bond acceptors (Lipinski definition) is 5. The predicted molar refractivity (Wildman–Crippen MR) is 90.9 cm³/mol. The quantitative estimate of drug-likeness (QED) is 0.804. The van der Waals surface area contributed by atoms with Gasteiger partial charge in [-0.2, -0.15) is 0 Å². The first-order chi connectivity index (χ1) is 12.8. The van der Waals surface area contributed by atoms with E-state index in [0.717, 1.165) is 6.41 Å². The molecular weight excluding hydrogens is 363 g/mol. The van der Waals surface area contributed by atoms with Crippen LogP contribution in [0.3, 0.4) is 0 Å². The Balaban J connectivity index is 1.73. The molecule has 1 aromatic carbocycles. The highest BCUT2D eigenvalue weighted by atomic mass is 19.4. The van der Waals surface area contributed by atoms with Crippen molar-refractivity contribution in [1.82, 2.24) is 9.88 Å². The molecule has 0 bridgehead atoms. The molecule has 1 aliphatic rings. The summed E-state index contributed by atoms with van der Waals surface area (Å²) in [5.74, 6) is 0.262. The first-order valence-corrected chi connectivity index (χ1v) is 8.30. The lowest BCUT2D eigenvalue weighted by Crippen LogP contribution is -2.40. The summed E-state index contributed by atoms with van der Waals surface area (Å²) < 4.78 is 46.8. The maximum absolute atomic E-state index is 12.4. The third-order valence-corrected chi connectivity index (χ3v) is 4.21. The number of nitrogens with zero attached hydrogens (tertiary/aromatic N) is 2. The average Bonchev–Trinajstić information content (AvgIpc) is 2.60. The number of nitrogens with two attached hydrogens (primary N) is 1. The van der Waals surface area contributed by atoms with Gasteiger partial charge in [-0.1, -0.05) is 12.1 Å². The summed E-state index contributed by atoms with van der Waals surface area (Å²) in [5, 5.41) is 0. The van der Waals surface area contributed by atoms with Crippen molar-refractivity contribution in [3.8, 4) is 11.5 Å². The van der Waals surface area contributed by atoms with Crippen LogP contribution in [0.15, 0.2) is 42.5 Å². The Labute approximate surface area is 153 Å². The van der Waals surface area contributed by atoms with Gasteiger partial charge >= 0.3 is 6.36 Å². The number of rotatable bonds is 5. The van der Waals surface area contributed by atoms with Crippen LogP contribution < -0.4 is 15.2 Å². The summed E-state index contributed by atoms with van der Waals surface area (Å²) in [6.07, 6.45) is -3.32. The van der Waals surface area contributed by atoms with Crippen molar-refractivity contribution in [2.24, 2.45) is 0 Å². The van der Waals surface area contributed by atoms with E-state index in [1.165, 1.54) is 18.2 Å². The SMILES string of the molecule is Nc1cccc(C2CC(Oc3cccc(OC(F)(F)F)c3)CCN2C=O)n1. The Hall–Kier alpha value is -2.97. The minimum Gasteiger partial charge on any atom is -0.490 e. The van der Waals surface area contributed by atoms with Gasteiger partial charge in [0.1, 0.15) is 23.4 Å². The van der Waals surface area contributed by atoms with E-state index in [-0.39, 0.29) is 23.6 Å². The molecule has 1 aliphatic heterocycles. The molecule has 2 unspecified atom stereocenters. The molecule has 1 saturated heterocycles. The number of alkyl halides is 3. The van der Waals surface area contributed by atoms with E-state index in [9.17, 15) is 18.0 Å². The lowest BCUT2D eigenvalue weighted by molar-refractivity contribution is -0.274. The minimum atomic E-state index is -4.77. The second-order valence-electron chi connectivity index (χ2n) is 6.13. The number of pyridine rings is 1. The van der Waals surface area contributed by atoms with E-state index in [1.54, 1.807) is 29.2 Å². The molecule has 6 nitrogen and oxygen atoms in total. The number of aromatic nitrogens is 1. The Morgan fingerprint density at radius 3 is 2.63 bits per heavy atom. The fourth-order valence-electron chi connectivity index (χ4n) is 3.07. The third kappa shape index (κ3) is 5.02. The molecule has 3 rings (SSSR count). The van der Waals surface area contributed by atoms with Crippen molar-refractivity contribution >= 4 is 12.2 Å². The van der Waals surface area contributed by atoms with Gasteiger partial charge < -0.3 is 20.1 Å². The molecule has 2 heterocycles. The lowest BCUT2D eigenvalue weighted by Gasteiger charge is -2.37. The van der Waals surface area contributed by atoms with Gasteiger partial charge in [-0.3, -0.25) is 4.79 Å². The van der Waals surface area contributed by atoms with E-state index < -0.39 is 6.36 Å². The van der Waals surface area contributed by atoms with Gasteiger partial charge in [-0.15, -0.1) is 13.2 Å². The van der Waals surface area contributed by atoms with Gasteiger partial charge in [-0.05, 0) is 24.3 Å². The molecule has 0 spiro atoms. The van der Waals surface area contributed by atoms with E-state index >= 15 is 0 Å². The van der Waals surface area contributed by atoms with Crippen LogP contribution in [-0.4, -0.2) is 35.3 Å². The lowest BCUT2D eigenvalue weighted by atomic mass is 9.96. The Morgan fingerprint density at radius 1 is 1.19 bits per heavy atom. The summed E-state index contributed by atoms with van der Waals surface area (Å²) in [4.78, 5) is 17.3. The maximum atomic E-state index is 12.4. The number of amides is 1. The monoisotopic (exact) mass is 381 g/mol. The number of halogens is 3. The predicted octanol–water partition coefficient (Wildman–Crippen LogP) is 3.30. The number of benzene rings is 1. The van der Waals surface area contributed by atoms with Crippen molar-refractivity contribution in [3.05, 3.63) is 48.2 Å². The van der Waals surface area contributed by atoms with E-state index in [4.69, 9.17) is 10.5 Å². The molecule has 1 aromatic heterocycles. The maximum Gasteiger partial charge on any atom is 0.573 e. The fourth-order valence-corrected chi connectivity index (χ4v) is 3.07. The zero-order valence-corrected chi connectivity index (χ0v) is 14.2. The topological polar surface area (TPSA) is 77.7 Å². The fraction of sp³-hybridized carbons (Fsp3) is 0.333. The second-order valence-corrected chi connectivity index (χ2v) is 6.13. The zero-order valence-electron chi connectivity index (χ0n) is 14.2. The minimum absolute atomic E-state index is 0.264. The molecule has 2 N–H and O–H groups in total. The molecule has 0 saturated carbocycles. The van der Waals surface area contributed by atoms with Crippen LogP contribution >= 0.6 is 0 Å². The molecule has 2 atom stereocenters. The summed E-state index contributed by atoms with van der Waals surface area (Å²) in [6, 6.07) is 10.2. The van der Waals surface area contributed by atoms with Crippen LogP contribution in [-0.2, 0) is 4.79 Å². The highest BCUT2D eigenvalue weighted by Crippen LogP contribution is 2.33. The molecule has 144 valence electrons. The van der Waals surface area contributed by atoms with Crippen LogP contribution in [0.2, 0.25) is 0 Å². The summed E-state index contributed by atoms with van der Waals surface area (Å²) in [6.45, 7) is 0.439. The number of likely N-dealkylation sites (tertiary alicyclic amines) is 1. The number of carbonyl (C=O) groups is 1. The number of ether oxygens (including phenoxy) is 2. The van der Waals surface area contributed by atoms with Crippen molar-refractivity contribution < 1.29 is 27.4 Å². The number of anilines is 1. The van der Waals surface area contributed by atoms with Gasteiger partial charge in [0.25, 0.3) is 0 Å². The number of nitrogen functional groups attached to an aromatic ring is 1. The molecular formula is C18H18F3N3O3. The van der Waals surface area contributed by atoms with E-state index in [1.807, 2.05) is 0 Å². The Bertz CT molecular complexity index is 801. The van der Waals surface area contributed by atoms with E-state index in [0.29, 0.717) is 30.9 Å². The Kier molecular flexibility index (Phi) is 5.38. The molecule has 1 fully saturated rings. The highest BCUT2D eigenvalue weighted by molar-refractivity contribution is 5.49. The van der Waals surface area contributed by atoms with Crippen molar-refractivity contribution in [2.75, 3.05) is 12.3 Å². The van der Waals surface area contributed by atoms with Crippen LogP contribution in [0.25, 0.3) is 0 Å². The van der Waals surface area contributed by atoms with Crippen molar-refractivity contribution in [2.45, 2.75) is 31.3 Å². The van der Waals surface area contributed by atoms with Crippen molar-refractivity contribution in [1.29, 1.82) is 0 Å². The van der Waals surface area contributed by atoms with Gasteiger partial charge in [0, 0.05) is 25.5 Å². The molecule has 27 heavy (non-hydrogen) atoms. The van der Waals surface area contributed by atoms with Gasteiger partial charge in [0.05, 0.1) is 11.7 Å². The number of piperidine rings is 1. The molecule has 9 heteroatoms. The highest BCUT2D eigenvalue weighted by Gasteiger charge is 2.32. The average molecular weight is 381 g/mol. The summed E-state index contributed by atoms with van der Waals surface area (Å²) in [7, 11) is 0. The molecule has 1 amide bonds. The normalized spacial score (nSPS) is 20.2. The first-order valence-electron chi connectivity index (χ1n) is 8.30. The first kappa shape index (κ1) is 18.8. The molecule has 0 aliphatic carbocycles. The number of hydrogen-bond donors (Lipinski definition) is 1.